The van der Waals surface area contributed by atoms with Crippen LogP contribution >= 0.6 is 0 Å². The summed E-state index contributed by atoms with van der Waals surface area (Å²) in [7, 11) is 1.42. The molecule has 0 saturated carbocycles. The maximum atomic E-state index is 11.7. The Balaban J connectivity index is 2.33. The molecule has 0 aliphatic carbocycles. The van der Waals surface area contributed by atoms with Crippen LogP contribution in [0.3, 0.4) is 0 Å². The molecule has 1 rings (SSSR count). The highest BCUT2D eigenvalue weighted by Gasteiger charge is 2.30. The molecule has 0 aromatic carbocycles. The molecule has 0 amide bonds. The number of methoxy groups -OCH3 is 1. The number of carbonyl (C=O) groups excluding carboxylic acids is 1. The summed E-state index contributed by atoms with van der Waals surface area (Å²) in [6.07, 6.45) is 4.49. The highest BCUT2D eigenvalue weighted by Crippen LogP contribution is 2.18. The fourth-order valence-electron chi connectivity index (χ4n) is 2.40. The van der Waals surface area contributed by atoms with Gasteiger partial charge in [-0.3, -0.25) is 9.69 Å². The van der Waals surface area contributed by atoms with E-state index in [1.165, 1.54) is 7.11 Å². The predicted octanol–water partition coefficient (Wildman–Crippen LogP) is 1.19. The molecule has 1 fully saturated rings. The molecule has 1 aliphatic heterocycles. The maximum absolute atomic E-state index is 11.7. The van der Waals surface area contributed by atoms with Gasteiger partial charge in [0.05, 0.1) is 19.8 Å². The van der Waals surface area contributed by atoms with Crippen molar-refractivity contribution in [1.82, 2.24) is 4.90 Å². The third kappa shape index (κ3) is 5.89. The minimum Gasteiger partial charge on any atom is -0.468 e. The van der Waals surface area contributed by atoms with Crippen LogP contribution in [0.25, 0.3) is 0 Å². The lowest BCUT2D eigenvalue weighted by atomic mass is 10.0. The van der Waals surface area contributed by atoms with Gasteiger partial charge in [0.1, 0.15) is 6.04 Å². The summed E-state index contributed by atoms with van der Waals surface area (Å²) in [5.74, 6) is -0.196. The van der Waals surface area contributed by atoms with Gasteiger partial charge >= 0.3 is 5.97 Å². The van der Waals surface area contributed by atoms with Crippen LogP contribution in [0.4, 0.5) is 0 Å². The molecule has 2 unspecified atom stereocenters. The van der Waals surface area contributed by atoms with Crippen LogP contribution in [0, 0.1) is 0 Å². The number of rotatable bonds is 8. The van der Waals surface area contributed by atoms with Crippen LogP contribution in [-0.4, -0.2) is 61.5 Å². The van der Waals surface area contributed by atoms with Crippen LogP contribution in [-0.2, 0) is 14.3 Å². The van der Waals surface area contributed by atoms with Crippen molar-refractivity contribution in [3.05, 3.63) is 0 Å². The molecule has 1 N–H and O–H groups in total. The van der Waals surface area contributed by atoms with Gasteiger partial charge in [-0.25, -0.2) is 0 Å². The number of piperidine rings is 1. The summed E-state index contributed by atoms with van der Waals surface area (Å²) in [5.41, 5.74) is 0. The highest BCUT2D eigenvalue weighted by atomic mass is 16.5. The van der Waals surface area contributed by atoms with Gasteiger partial charge in [0, 0.05) is 13.2 Å². The number of carbonyl (C=O) groups is 1. The summed E-state index contributed by atoms with van der Waals surface area (Å²) in [6, 6.07) is -0.205. The smallest absolute Gasteiger partial charge is 0.323 e. The number of hydrogen-bond donors (Lipinski definition) is 1. The summed E-state index contributed by atoms with van der Waals surface area (Å²) >= 11 is 0. The Labute approximate surface area is 115 Å². The molecule has 1 heterocycles. The maximum Gasteiger partial charge on any atom is 0.323 e. The summed E-state index contributed by atoms with van der Waals surface area (Å²) < 4.78 is 10.2. The first-order valence-electron chi connectivity index (χ1n) is 7.26. The molecule has 112 valence electrons. The van der Waals surface area contributed by atoms with Crippen LogP contribution in [0.15, 0.2) is 0 Å². The number of unbranched alkanes of at least 4 members (excludes halogenated alkanes) is 1. The lowest BCUT2D eigenvalue weighted by molar-refractivity contribution is -0.149. The van der Waals surface area contributed by atoms with Crippen molar-refractivity contribution in [2.75, 3.05) is 33.4 Å². The van der Waals surface area contributed by atoms with Crippen LogP contribution in [0.5, 0.6) is 0 Å². The minimum atomic E-state index is -0.540. The first-order chi connectivity index (χ1) is 9.19. The molecule has 2 atom stereocenters. The van der Waals surface area contributed by atoms with Gasteiger partial charge < -0.3 is 14.6 Å². The molecule has 0 aromatic rings. The van der Waals surface area contributed by atoms with Gasteiger partial charge in [0.2, 0.25) is 0 Å². The third-order valence-electron chi connectivity index (χ3n) is 3.48. The van der Waals surface area contributed by atoms with E-state index in [9.17, 15) is 9.90 Å². The van der Waals surface area contributed by atoms with E-state index in [4.69, 9.17) is 9.47 Å². The second kappa shape index (κ2) is 9.28. The van der Waals surface area contributed by atoms with E-state index in [-0.39, 0.29) is 12.0 Å². The largest absolute Gasteiger partial charge is 0.468 e. The number of likely N-dealkylation sites (tertiary alicyclic amines) is 1. The normalized spacial score (nSPS) is 22.2. The van der Waals surface area contributed by atoms with E-state index in [2.05, 4.69) is 6.92 Å². The van der Waals surface area contributed by atoms with E-state index in [1.807, 2.05) is 4.90 Å². The molecule has 0 spiro atoms. The number of ether oxygens (including phenoxy) is 2. The van der Waals surface area contributed by atoms with Crippen molar-refractivity contribution in [2.24, 2.45) is 0 Å². The number of nitrogens with zero attached hydrogens (tertiary/aromatic N) is 1. The number of aliphatic hydroxyl groups is 1. The van der Waals surface area contributed by atoms with Gasteiger partial charge in [-0.2, -0.15) is 0 Å². The molecule has 0 bridgehead atoms. The summed E-state index contributed by atoms with van der Waals surface area (Å²) in [4.78, 5) is 13.7. The van der Waals surface area contributed by atoms with Crippen molar-refractivity contribution in [2.45, 2.75) is 51.2 Å². The minimum absolute atomic E-state index is 0.196. The molecular weight excluding hydrogens is 246 g/mol. The van der Waals surface area contributed by atoms with Crippen molar-refractivity contribution in [3.8, 4) is 0 Å². The Hall–Kier alpha value is -0.650. The van der Waals surface area contributed by atoms with Crippen LogP contribution < -0.4 is 0 Å². The first kappa shape index (κ1) is 16.4. The Bertz CT molecular complexity index is 260. The SMILES string of the molecule is CCCCOCC(O)CN1CCCCC1C(=O)OC. The second-order valence-corrected chi connectivity index (χ2v) is 5.11. The fourth-order valence-corrected chi connectivity index (χ4v) is 2.40. The monoisotopic (exact) mass is 273 g/mol. The van der Waals surface area contributed by atoms with E-state index in [1.54, 1.807) is 0 Å². The number of aliphatic hydroxyl groups excluding tert-OH is 1. The highest BCUT2D eigenvalue weighted by molar-refractivity contribution is 5.75. The fraction of sp³-hybridized carbons (Fsp3) is 0.929. The second-order valence-electron chi connectivity index (χ2n) is 5.11. The van der Waals surface area contributed by atoms with Crippen LogP contribution in [0.2, 0.25) is 0 Å². The number of β-amino-alcohol motifs (C(OH)–C–C–N with tert-alkyl or cyclic N) is 1. The molecule has 1 saturated heterocycles. The number of esters is 1. The molecular formula is C14H27NO4. The molecule has 0 radical (unpaired) electrons. The van der Waals surface area contributed by atoms with Crippen molar-refractivity contribution >= 4 is 5.97 Å². The Kier molecular flexibility index (Phi) is 8.02. The lowest BCUT2D eigenvalue weighted by Crippen LogP contribution is -2.48. The number of hydrogen-bond acceptors (Lipinski definition) is 5. The summed E-state index contributed by atoms with van der Waals surface area (Å²) in [5, 5.41) is 9.95. The summed E-state index contributed by atoms with van der Waals surface area (Å²) in [6.45, 7) is 4.45. The van der Waals surface area contributed by atoms with Crippen molar-refractivity contribution in [1.29, 1.82) is 0 Å². The average Bonchev–Trinajstić information content (AvgIpc) is 2.43. The van der Waals surface area contributed by atoms with Gasteiger partial charge in [0.15, 0.2) is 0 Å². The van der Waals surface area contributed by atoms with E-state index in [0.29, 0.717) is 19.8 Å². The predicted molar refractivity (Wildman–Crippen MR) is 73.0 cm³/mol. The first-order valence-corrected chi connectivity index (χ1v) is 7.26. The third-order valence-corrected chi connectivity index (χ3v) is 3.48. The average molecular weight is 273 g/mol. The zero-order valence-corrected chi connectivity index (χ0v) is 12.1. The zero-order valence-electron chi connectivity index (χ0n) is 12.1. The molecule has 0 aromatic heterocycles. The standard InChI is InChI=1S/C14H27NO4/c1-3-4-9-19-11-12(16)10-15-8-6-5-7-13(15)14(17)18-2/h12-13,16H,3-11H2,1-2H3. The molecule has 1 aliphatic rings. The van der Waals surface area contributed by atoms with Gasteiger partial charge in [-0.15, -0.1) is 0 Å². The topological polar surface area (TPSA) is 59.0 Å². The Morgan fingerprint density at radius 3 is 2.95 bits per heavy atom. The molecule has 19 heavy (non-hydrogen) atoms. The van der Waals surface area contributed by atoms with E-state index >= 15 is 0 Å². The van der Waals surface area contributed by atoms with Crippen LogP contribution in [0.1, 0.15) is 39.0 Å². The van der Waals surface area contributed by atoms with Gasteiger partial charge in [0.25, 0.3) is 0 Å². The Morgan fingerprint density at radius 1 is 1.47 bits per heavy atom. The lowest BCUT2D eigenvalue weighted by Gasteiger charge is -2.34. The van der Waals surface area contributed by atoms with E-state index < -0.39 is 6.10 Å². The zero-order chi connectivity index (χ0) is 14.1. The van der Waals surface area contributed by atoms with Gasteiger partial charge in [-0.1, -0.05) is 19.8 Å². The molecule has 5 heteroatoms. The van der Waals surface area contributed by atoms with E-state index in [0.717, 1.165) is 38.6 Å². The van der Waals surface area contributed by atoms with Crippen molar-refractivity contribution < 1.29 is 19.4 Å². The quantitative estimate of drug-likeness (QED) is 0.532. The molecule has 5 nitrogen and oxygen atoms in total. The van der Waals surface area contributed by atoms with Crippen molar-refractivity contribution in [3.63, 3.8) is 0 Å². The Morgan fingerprint density at radius 2 is 2.26 bits per heavy atom. The van der Waals surface area contributed by atoms with Gasteiger partial charge in [-0.05, 0) is 25.8 Å².